The SMILES string of the molecule is Cn1cc([C@H]2[C@H]3O[C@H](C[C@@H]3O)[C@@H]2C(=O)Nc2ccc(C#N)c(C(F)(F)F)c2)c(C(F)(F)F)n1. The molecular weight excluding hydrogens is 458 g/mol. The van der Waals surface area contributed by atoms with E-state index in [1.54, 1.807) is 0 Å². The molecule has 2 aromatic rings. The summed E-state index contributed by atoms with van der Waals surface area (Å²) in [6.45, 7) is 0. The van der Waals surface area contributed by atoms with Crippen molar-refractivity contribution in [2.45, 2.75) is 43.0 Å². The van der Waals surface area contributed by atoms with Gasteiger partial charge in [0.1, 0.15) is 0 Å². The van der Waals surface area contributed by atoms with Crippen LogP contribution in [0.15, 0.2) is 24.4 Å². The molecule has 5 atom stereocenters. The van der Waals surface area contributed by atoms with Gasteiger partial charge in [0.2, 0.25) is 5.91 Å². The number of benzene rings is 1. The number of fused-ring (bicyclic) bond motifs is 2. The Morgan fingerprint density at radius 3 is 2.58 bits per heavy atom. The second-order valence-electron chi connectivity index (χ2n) is 7.96. The van der Waals surface area contributed by atoms with E-state index in [1.807, 2.05) is 0 Å². The Balaban J connectivity index is 1.69. The molecule has 2 aliphatic heterocycles. The number of carbonyl (C=O) groups excluding carboxylic acids is 1. The van der Waals surface area contributed by atoms with Crippen molar-refractivity contribution in [1.29, 1.82) is 5.26 Å². The molecule has 2 aliphatic rings. The highest BCUT2D eigenvalue weighted by molar-refractivity contribution is 5.94. The summed E-state index contributed by atoms with van der Waals surface area (Å²) in [5.74, 6) is -3.30. The fourth-order valence-electron chi connectivity index (χ4n) is 4.56. The van der Waals surface area contributed by atoms with Crippen molar-refractivity contribution in [2.75, 3.05) is 5.32 Å². The molecule has 2 N–H and O–H groups in total. The summed E-state index contributed by atoms with van der Waals surface area (Å²) >= 11 is 0. The zero-order valence-corrected chi connectivity index (χ0v) is 16.8. The molecule has 2 bridgehead atoms. The number of aromatic nitrogens is 2. The Bertz CT molecular complexity index is 1140. The Hall–Kier alpha value is -3.11. The lowest BCUT2D eigenvalue weighted by atomic mass is 9.73. The van der Waals surface area contributed by atoms with Crippen LogP contribution in [0.4, 0.5) is 32.0 Å². The topological polar surface area (TPSA) is 100 Å². The molecule has 3 heterocycles. The summed E-state index contributed by atoms with van der Waals surface area (Å²) in [6, 6.07) is 3.98. The summed E-state index contributed by atoms with van der Waals surface area (Å²) in [7, 11) is 1.27. The molecule has 0 saturated carbocycles. The smallest absolute Gasteiger partial charge is 0.390 e. The van der Waals surface area contributed by atoms with Crippen LogP contribution in [0.25, 0.3) is 0 Å². The van der Waals surface area contributed by atoms with Gasteiger partial charge in [0.15, 0.2) is 5.69 Å². The van der Waals surface area contributed by atoms with Gasteiger partial charge in [0.25, 0.3) is 0 Å². The summed E-state index contributed by atoms with van der Waals surface area (Å²) in [5.41, 5.74) is -3.75. The second kappa shape index (κ2) is 7.74. The molecule has 176 valence electrons. The van der Waals surface area contributed by atoms with E-state index < -0.39 is 65.2 Å². The molecule has 7 nitrogen and oxygen atoms in total. The summed E-state index contributed by atoms with van der Waals surface area (Å²) < 4.78 is 86.8. The lowest BCUT2D eigenvalue weighted by Gasteiger charge is -2.30. The van der Waals surface area contributed by atoms with E-state index in [0.717, 1.165) is 23.0 Å². The number of aliphatic hydroxyl groups is 1. The number of amides is 1. The third-order valence-corrected chi connectivity index (χ3v) is 5.83. The van der Waals surface area contributed by atoms with Crippen LogP contribution in [-0.4, -0.2) is 39.1 Å². The number of aryl methyl sites for hydroxylation is 1. The Morgan fingerprint density at radius 1 is 1.27 bits per heavy atom. The van der Waals surface area contributed by atoms with Gasteiger partial charge in [-0.25, -0.2) is 0 Å². The molecule has 1 aromatic heterocycles. The van der Waals surface area contributed by atoms with Crippen molar-refractivity contribution in [3.05, 3.63) is 46.8 Å². The number of ether oxygens (including phenoxy) is 1. The maximum atomic E-state index is 13.5. The van der Waals surface area contributed by atoms with Crippen molar-refractivity contribution >= 4 is 11.6 Å². The average Bonchev–Trinajstić information content (AvgIpc) is 3.38. The fraction of sp³-hybridized carbons (Fsp3) is 0.450. The molecule has 0 aliphatic carbocycles. The monoisotopic (exact) mass is 474 g/mol. The highest BCUT2D eigenvalue weighted by Gasteiger charge is 2.59. The van der Waals surface area contributed by atoms with Gasteiger partial charge < -0.3 is 15.2 Å². The van der Waals surface area contributed by atoms with Gasteiger partial charge >= 0.3 is 12.4 Å². The molecule has 13 heteroatoms. The van der Waals surface area contributed by atoms with Crippen molar-refractivity contribution in [1.82, 2.24) is 9.78 Å². The number of rotatable bonds is 3. The maximum absolute atomic E-state index is 13.5. The van der Waals surface area contributed by atoms with Crippen molar-refractivity contribution in [3.8, 4) is 6.07 Å². The Kier molecular flexibility index (Phi) is 5.41. The van der Waals surface area contributed by atoms with Crippen LogP contribution in [0.1, 0.15) is 34.7 Å². The van der Waals surface area contributed by atoms with Gasteiger partial charge in [0.05, 0.1) is 41.4 Å². The first-order chi connectivity index (χ1) is 15.3. The zero-order chi connectivity index (χ0) is 24.3. The first-order valence-corrected chi connectivity index (χ1v) is 9.67. The predicted octanol–water partition coefficient (Wildman–Crippen LogP) is 3.20. The average molecular weight is 474 g/mol. The van der Waals surface area contributed by atoms with Crippen molar-refractivity contribution in [3.63, 3.8) is 0 Å². The third kappa shape index (κ3) is 4.04. The highest BCUT2D eigenvalue weighted by Crippen LogP contribution is 2.51. The quantitative estimate of drug-likeness (QED) is 0.666. The minimum Gasteiger partial charge on any atom is -0.390 e. The van der Waals surface area contributed by atoms with Gasteiger partial charge in [-0.15, -0.1) is 0 Å². The number of aliphatic hydroxyl groups excluding tert-OH is 1. The van der Waals surface area contributed by atoms with E-state index in [2.05, 4.69) is 10.4 Å². The van der Waals surface area contributed by atoms with E-state index in [-0.39, 0.29) is 17.7 Å². The largest absolute Gasteiger partial charge is 0.435 e. The number of carbonyl (C=O) groups is 1. The third-order valence-electron chi connectivity index (χ3n) is 5.83. The van der Waals surface area contributed by atoms with Gasteiger partial charge in [-0.2, -0.15) is 36.7 Å². The van der Waals surface area contributed by atoms with Gasteiger partial charge in [0, 0.05) is 36.8 Å². The summed E-state index contributed by atoms with van der Waals surface area (Å²) in [6.07, 6.45) is -11.8. The van der Waals surface area contributed by atoms with E-state index in [0.29, 0.717) is 6.07 Å². The lowest BCUT2D eigenvalue weighted by molar-refractivity contribution is -0.143. The predicted molar refractivity (Wildman–Crippen MR) is 98.5 cm³/mol. The minimum absolute atomic E-state index is 0.0119. The minimum atomic E-state index is -4.86. The van der Waals surface area contributed by atoms with Crippen LogP contribution in [0.3, 0.4) is 0 Å². The molecule has 2 fully saturated rings. The second-order valence-corrected chi connectivity index (χ2v) is 7.96. The molecule has 4 rings (SSSR count). The molecule has 0 spiro atoms. The molecule has 1 amide bonds. The van der Waals surface area contributed by atoms with E-state index >= 15 is 0 Å². The normalized spacial score (nSPS) is 26.9. The number of nitrogens with zero attached hydrogens (tertiary/aromatic N) is 3. The number of halogens is 6. The Morgan fingerprint density at radius 2 is 1.97 bits per heavy atom. The van der Waals surface area contributed by atoms with Crippen LogP contribution < -0.4 is 5.32 Å². The van der Waals surface area contributed by atoms with Crippen LogP contribution >= 0.6 is 0 Å². The van der Waals surface area contributed by atoms with Gasteiger partial charge in [-0.1, -0.05) is 0 Å². The Labute approximate surface area is 182 Å². The molecule has 0 radical (unpaired) electrons. The van der Waals surface area contributed by atoms with Crippen LogP contribution in [0.5, 0.6) is 0 Å². The molecule has 0 unspecified atom stereocenters. The standard InChI is InChI=1S/C20H16F6N4O3/c1-30-7-10(17(29-30)20(24,25)26)14-15(13-5-12(31)16(14)33-13)18(32)28-9-3-2-8(6-27)11(4-9)19(21,22)23/h2-4,7,12-16,31H,5H2,1H3,(H,28,32)/t12-,13+,14+,15-,16-/m0/s1. The summed E-state index contributed by atoms with van der Waals surface area (Å²) in [5, 5.41) is 24.8. The first kappa shape index (κ1) is 23.1. The van der Waals surface area contributed by atoms with Crippen LogP contribution in [0, 0.1) is 17.2 Å². The lowest BCUT2D eigenvalue weighted by Crippen LogP contribution is -2.41. The number of hydrogen-bond acceptors (Lipinski definition) is 5. The molecule has 1 aromatic carbocycles. The van der Waals surface area contributed by atoms with E-state index in [1.165, 1.54) is 13.1 Å². The molecule has 33 heavy (non-hydrogen) atoms. The van der Waals surface area contributed by atoms with Crippen LogP contribution in [0.2, 0.25) is 0 Å². The van der Waals surface area contributed by atoms with Gasteiger partial charge in [-0.3, -0.25) is 9.48 Å². The van der Waals surface area contributed by atoms with Crippen molar-refractivity contribution < 1.29 is 41.0 Å². The van der Waals surface area contributed by atoms with Crippen molar-refractivity contribution in [2.24, 2.45) is 13.0 Å². The number of nitriles is 1. The molecule has 2 saturated heterocycles. The molecular formula is C20H16F6N4O3. The highest BCUT2D eigenvalue weighted by atomic mass is 19.4. The van der Waals surface area contributed by atoms with Gasteiger partial charge in [-0.05, 0) is 18.2 Å². The zero-order valence-electron chi connectivity index (χ0n) is 16.8. The first-order valence-electron chi connectivity index (χ1n) is 9.67. The van der Waals surface area contributed by atoms with E-state index in [9.17, 15) is 36.2 Å². The number of anilines is 1. The number of alkyl halides is 6. The van der Waals surface area contributed by atoms with E-state index in [4.69, 9.17) is 10.00 Å². The van der Waals surface area contributed by atoms with Crippen LogP contribution in [-0.2, 0) is 28.9 Å². The maximum Gasteiger partial charge on any atom is 0.435 e. The number of hydrogen-bond donors (Lipinski definition) is 2. The summed E-state index contributed by atoms with van der Waals surface area (Å²) in [4.78, 5) is 13.1. The number of nitrogens with one attached hydrogen (secondary N) is 1. The fourth-order valence-corrected chi connectivity index (χ4v) is 4.56.